The Morgan fingerprint density at radius 2 is 1.93 bits per heavy atom. The molecular weight excluding hydrogens is 368 g/mol. The Balaban J connectivity index is 1.34. The summed E-state index contributed by atoms with van der Waals surface area (Å²) in [7, 11) is 1.89. The normalized spacial score (nSPS) is 19.4. The predicted octanol–water partition coefficient (Wildman–Crippen LogP) is 2.92. The van der Waals surface area contributed by atoms with Crippen LogP contribution in [0, 0.1) is 0 Å². The van der Waals surface area contributed by atoms with Gasteiger partial charge in [0, 0.05) is 63.1 Å². The number of nitrogens with zero attached hydrogens (tertiary/aromatic N) is 5. The van der Waals surface area contributed by atoms with Crippen LogP contribution < -0.4 is 10.2 Å². The maximum absolute atomic E-state index is 4.63. The fourth-order valence-electron chi connectivity index (χ4n) is 4.17. The van der Waals surface area contributed by atoms with Crippen LogP contribution in [0.15, 0.2) is 35.3 Å². The minimum Gasteiger partial charge on any atom is -0.355 e. The summed E-state index contributed by atoms with van der Waals surface area (Å²) in [6, 6.07) is 11.0. The van der Waals surface area contributed by atoms with Crippen molar-refractivity contribution in [3.05, 3.63) is 41.7 Å². The number of hydrogen-bond donors (Lipinski definition) is 1. The highest BCUT2D eigenvalue weighted by molar-refractivity contribution is 7.09. The number of aromatic nitrogens is 2. The van der Waals surface area contributed by atoms with E-state index in [4.69, 9.17) is 0 Å². The molecule has 1 aliphatic carbocycles. The highest BCUT2D eigenvalue weighted by Gasteiger charge is 2.38. The van der Waals surface area contributed by atoms with Crippen molar-refractivity contribution >= 4 is 22.6 Å². The third kappa shape index (κ3) is 3.85. The Bertz CT molecular complexity index is 790. The van der Waals surface area contributed by atoms with Gasteiger partial charge in [-0.2, -0.15) is 4.37 Å². The number of benzene rings is 1. The highest BCUT2D eigenvalue weighted by Crippen LogP contribution is 2.43. The monoisotopic (exact) mass is 398 g/mol. The lowest BCUT2D eigenvalue weighted by Crippen LogP contribution is -2.55. The van der Waals surface area contributed by atoms with Crippen LogP contribution in [0.2, 0.25) is 0 Å². The highest BCUT2D eigenvalue weighted by atomic mass is 32.1. The van der Waals surface area contributed by atoms with Crippen molar-refractivity contribution in [1.82, 2.24) is 19.6 Å². The van der Waals surface area contributed by atoms with Crippen molar-refractivity contribution in [2.45, 2.75) is 38.0 Å². The fraction of sp³-hybridized carbons (Fsp3) is 0.571. The summed E-state index contributed by atoms with van der Waals surface area (Å²) in [5.74, 6) is 1.97. The molecule has 1 N–H and O–H groups in total. The van der Waals surface area contributed by atoms with E-state index >= 15 is 0 Å². The first-order valence-corrected chi connectivity index (χ1v) is 11.1. The molecule has 1 saturated heterocycles. The summed E-state index contributed by atoms with van der Waals surface area (Å²) in [5, 5.41) is 4.73. The number of piperazine rings is 1. The molecule has 2 fully saturated rings. The number of rotatable bonds is 5. The number of aliphatic imine (C=N–C) groups is 1. The van der Waals surface area contributed by atoms with Gasteiger partial charge in [0.1, 0.15) is 5.82 Å². The molecule has 1 aromatic heterocycles. The second-order valence-electron chi connectivity index (χ2n) is 7.72. The lowest BCUT2D eigenvalue weighted by atomic mass is 9.64. The first kappa shape index (κ1) is 19.2. The molecule has 7 heteroatoms. The Labute approximate surface area is 171 Å². The molecule has 4 rings (SSSR count). The molecule has 2 aliphatic rings. The largest absolute Gasteiger partial charge is 0.355 e. The van der Waals surface area contributed by atoms with E-state index < -0.39 is 0 Å². The van der Waals surface area contributed by atoms with E-state index in [1.54, 1.807) is 0 Å². The van der Waals surface area contributed by atoms with Crippen LogP contribution in [0.4, 0.5) is 5.13 Å². The maximum atomic E-state index is 4.63. The Morgan fingerprint density at radius 1 is 1.18 bits per heavy atom. The van der Waals surface area contributed by atoms with E-state index in [0.29, 0.717) is 0 Å². The van der Waals surface area contributed by atoms with Crippen molar-refractivity contribution in [1.29, 1.82) is 0 Å². The van der Waals surface area contributed by atoms with Gasteiger partial charge < -0.3 is 15.1 Å². The topological polar surface area (TPSA) is 56.7 Å². The molecule has 0 radical (unpaired) electrons. The molecule has 2 heterocycles. The molecule has 2 aromatic rings. The van der Waals surface area contributed by atoms with Gasteiger partial charge in [-0.3, -0.25) is 4.99 Å². The molecule has 0 amide bonds. The second kappa shape index (κ2) is 8.47. The predicted molar refractivity (Wildman–Crippen MR) is 116 cm³/mol. The smallest absolute Gasteiger partial charge is 0.205 e. The molecule has 1 aliphatic heterocycles. The van der Waals surface area contributed by atoms with E-state index in [2.05, 4.69) is 66.7 Å². The lowest BCUT2D eigenvalue weighted by Gasteiger charge is -2.44. The van der Waals surface area contributed by atoms with Crippen LogP contribution in [0.5, 0.6) is 0 Å². The van der Waals surface area contributed by atoms with Gasteiger partial charge in [0.25, 0.3) is 0 Å². The van der Waals surface area contributed by atoms with Crippen molar-refractivity contribution in [3.8, 4) is 0 Å². The van der Waals surface area contributed by atoms with Crippen molar-refractivity contribution in [2.75, 3.05) is 44.7 Å². The van der Waals surface area contributed by atoms with Crippen LogP contribution in [0.3, 0.4) is 0 Å². The summed E-state index contributed by atoms with van der Waals surface area (Å²) >= 11 is 1.52. The summed E-state index contributed by atoms with van der Waals surface area (Å²) in [4.78, 5) is 13.9. The summed E-state index contributed by atoms with van der Waals surface area (Å²) in [6.45, 7) is 6.90. The molecule has 1 aromatic carbocycles. The molecule has 150 valence electrons. The van der Waals surface area contributed by atoms with Crippen LogP contribution >= 0.6 is 11.5 Å². The standard InChI is InChI=1S/C21H30N6S/c1-3-18-24-20(28-25-18)27-14-12-26(13-15-27)19(22-2)23-16-21(10-7-11-21)17-8-5-4-6-9-17/h4-6,8-9H,3,7,10-16H2,1-2H3,(H,22,23). The number of aryl methyl sites for hydroxylation is 1. The van der Waals surface area contributed by atoms with Gasteiger partial charge in [-0.05, 0) is 18.4 Å². The van der Waals surface area contributed by atoms with Gasteiger partial charge in [0.2, 0.25) is 5.13 Å². The van der Waals surface area contributed by atoms with Crippen molar-refractivity contribution < 1.29 is 0 Å². The summed E-state index contributed by atoms with van der Waals surface area (Å²) < 4.78 is 4.42. The molecule has 0 atom stereocenters. The van der Waals surface area contributed by atoms with Crippen LogP contribution in [-0.4, -0.2) is 60.0 Å². The first-order chi connectivity index (χ1) is 13.7. The Hall–Kier alpha value is -2.15. The average Bonchev–Trinajstić information content (AvgIpc) is 3.20. The number of hydrogen-bond acceptors (Lipinski definition) is 5. The van der Waals surface area contributed by atoms with E-state index in [0.717, 1.165) is 56.1 Å². The van der Waals surface area contributed by atoms with Crippen LogP contribution in [0.1, 0.15) is 37.6 Å². The lowest BCUT2D eigenvalue weighted by molar-refractivity contribution is 0.240. The van der Waals surface area contributed by atoms with Crippen molar-refractivity contribution in [3.63, 3.8) is 0 Å². The molecule has 0 unspecified atom stereocenters. The number of guanidine groups is 1. The molecule has 28 heavy (non-hydrogen) atoms. The zero-order valence-electron chi connectivity index (χ0n) is 16.9. The van der Waals surface area contributed by atoms with Crippen LogP contribution in [-0.2, 0) is 11.8 Å². The molecule has 0 spiro atoms. The molecular formula is C21H30N6S. The van der Waals surface area contributed by atoms with E-state index in [1.807, 2.05) is 7.05 Å². The van der Waals surface area contributed by atoms with E-state index in [-0.39, 0.29) is 5.41 Å². The average molecular weight is 399 g/mol. The van der Waals surface area contributed by atoms with Gasteiger partial charge in [0.05, 0.1) is 0 Å². The van der Waals surface area contributed by atoms with Gasteiger partial charge in [-0.15, -0.1) is 0 Å². The fourth-order valence-corrected chi connectivity index (χ4v) is 4.97. The first-order valence-electron chi connectivity index (χ1n) is 10.3. The molecule has 6 nitrogen and oxygen atoms in total. The minimum atomic E-state index is 0.266. The Kier molecular flexibility index (Phi) is 5.80. The van der Waals surface area contributed by atoms with E-state index in [1.165, 1.54) is 36.4 Å². The zero-order chi connectivity index (χ0) is 19.4. The molecule has 1 saturated carbocycles. The van der Waals surface area contributed by atoms with Gasteiger partial charge in [-0.1, -0.05) is 43.7 Å². The van der Waals surface area contributed by atoms with Gasteiger partial charge >= 0.3 is 0 Å². The van der Waals surface area contributed by atoms with Crippen molar-refractivity contribution in [2.24, 2.45) is 4.99 Å². The quantitative estimate of drug-likeness (QED) is 0.620. The minimum absolute atomic E-state index is 0.266. The van der Waals surface area contributed by atoms with Gasteiger partial charge in [0.15, 0.2) is 5.96 Å². The SMILES string of the molecule is CCc1nsc(N2CCN(C(=NC)NCC3(c4ccccc4)CCC3)CC2)n1. The maximum Gasteiger partial charge on any atom is 0.205 e. The second-order valence-corrected chi connectivity index (χ2v) is 8.45. The number of nitrogens with one attached hydrogen (secondary N) is 1. The summed E-state index contributed by atoms with van der Waals surface area (Å²) in [6.07, 6.45) is 4.73. The zero-order valence-corrected chi connectivity index (χ0v) is 17.7. The molecule has 0 bridgehead atoms. The third-order valence-electron chi connectivity index (χ3n) is 6.12. The Morgan fingerprint density at radius 3 is 2.50 bits per heavy atom. The van der Waals surface area contributed by atoms with Gasteiger partial charge in [-0.25, -0.2) is 4.98 Å². The summed E-state index contributed by atoms with van der Waals surface area (Å²) in [5.41, 5.74) is 1.72. The number of anilines is 1. The third-order valence-corrected chi connectivity index (χ3v) is 6.93. The van der Waals surface area contributed by atoms with E-state index in [9.17, 15) is 0 Å². The van der Waals surface area contributed by atoms with Crippen LogP contribution in [0.25, 0.3) is 0 Å².